The molecule has 0 saturated heterocycles. The van der Waals surface area contributed by atoms with Crippen LogP contribution in [0.5, 0.6) is 11.5 Å². The van der Waals surface area contributed by atoms with Crippen LogP contribution in [0.3, 0.4) is 0 Å². The molecular weight excluding hydrogens is 585 g/mol. The van der Waals surface area contributed by atoms with Crippen LogP contribution in [0.15, 0.2) is 137 Å². The average molecular weight is 617 g/mol. The van der Waals surface area contributed by atoms with Gasteiger partial charge >= 0.3 is 0 Å². The molecule has 0 saturated carbocycles. The smallest absolute Gasteiger partial charge is 0.137 e. The van der Waals surface area contributed by atoms with E-state index in [1.165, 1.54) is 48.9 Å². The fourth-order valence-corrected chi connectivity index (χ4v) is 7.88. The summed E-state index contributed by atoms with van der Waals surface area (Å²) in [5.41, 5.74) is 8.32. The Balaban J connectivity index is 1.11. The fourth-order valence-electron chi connectivity index (χ4n) is 6.78. The molecule has 0 N–H and O–H groups in total. The van der Waals surface area contributed by atoms with Gasteiger partial charge in [-0.3, -0.25) is 4.57 Å². The minimum atomic E-state index is 0.0181. The number of rotatable bonds is 4. The summed E-state index contributed by atoms with van der Waals surface area (Å²) in [6.45, 7) is 7.46. The first kappa shape index (κ1) is 27.1. The molecule has 2 aromatic heterocycles. The summed E-state index contributed by atoms with van der Waals surface area (Å²) in [6.07, 6.45) is 1.92. The van der Waals surface area contributed by atoms with Crippen LogP contribution in [0.2, 0.25) is 0 Å². The molecule has 6 heteroatoms. The number of anilines is 4. The predicted molar refractivity (Wildman–Crippen MR) is 190 cm³/mol. The van der Waals surface area contributed by atoms with E-state index in [0.29, 0.717) is 0 Å². The molecule has 0 unspecified atom stereocenters. The lowest BCUT2D eigenvalue weighted by Gasteiger charge is -2.28. The van der Waals surface area contributed by atoms with Gasteiger partial charge in [-0.2, -0.15) is 0 Å². The van der Waals surface area contributed by atoms with Crippen LogP contribution in [0.25, 0.3) is 27.6 Å². The molecule has 0 fully saturated rings. The Morgan fingerprint density at radius 1 is 0.652 bits per heavy atom. The number of hydrogen-bond acceptors (Lipinski definition) is 5. The molecule has 5 nitrogen and oxygen atoms in total. The third-order valence-corrected chi connectivity index (χ3v) is 10.2. The Morgan fingerprint density at radius 3 is 2.30 bits per heavy atom. The summed E-state index contributed by atoms with van der Waals surface area (Å²) in [4.78, 5) is 12.2. The highest BCUT2D eigenvalue weighted by molar-refractivity contribution is 7.99. The Kier molecular flexibility index (Phi) is 5.99. The van der Waals surface area contributed by atoms with Gasteiger partial charge in [0, 0.05) is 44.6 Å². The van der Waals surface area contributed by atoms with E-state index in [1.54, 1.807) is 0 Å². The number of benzene rings is 5. The van der Waals surface area contributed by atoms with Crippen molar-refractivity contribution >= 4 is 56.3 Å². The maximum absolute atomic E-state index is 6.64. The van der Waals surface area contributed by atoms with Gasteiger partial charge in [0.25, 0.3) is 0 Å². The summed E-state index contributed by atoms with van der Waals surface area (Å²) in [5, 5.41) is 2.37. The van der Waals surface area contributed by atoms with Gasteiger partial charge in [-0.25, -0.2) is 4.98 Å². The summed E-state index contributed by atoms with van der Waals surface area (Å²) in [5.74, 6) is 2.52. The van der Waals surface area contributed by atoms with Crippen molar-refractivity contribution in [2.75, 3.05) is 16.5 Å². The molecule has 0 bridgehead atoms. The van der Waals surface area contributed by atoms with Gasteiger partial charge in [-0.05, 0) is 77.7 Å². The highest BCUT2D eigenvalue weighted by atomic mass is 32.2. The van der Waals surface area contributed by atoms with Crippen molar-refractivity contribution in [3.8, 4) is 17.3 Å². The van der Waals surface area contributed by atoms with E-state index in [0.717, 1.165) is 35.0 Å². The zero-order chi connectivity index (χ0) is 31.0. The van der Waals surface area contributed by atoms with Crippen molar-refractivity contribution in [2.24, 2.45) is 0 Å². The van der Waals surface area contributed by atoms with Crippen molar-refractivity contribution < 1.29 is 4.74 Å². The molecule has 0 atom stereocenters. The minimum Gasteiger partial charge on any atom is -0.457 e. The van der Waals surface area contributed by atoms with Crippen LogP contribution >= 0.6 is 11.8 Å². The van der Waals surface area contributed by atoms with Gasteiger partial charge in [-0.15, -0.1) is 0 Å². The van der Waals surface area contributed by atoms with E-state index in [-0.39, 0.29) is 5.41 Å². The van der Waals surface area contributed by atoms with Crippen LogP contribution in [0.1, 0.15) is 26.3 Å². The molecule has 0 spiro atoms. The van der Waals surface area contributed by atoms with E-state index in [2.05, 4.69) is 156 Å². The molecule has 4 heterocycles. The molecule has 7 aromatic rings. The van der Waals surface area contributed by atoms with Crippen LogP contribution < -0.4 is 14.5 Å². The van der Waals surface area contributed by atoms with Gasteiger partial charge in [-0.1, -0.05) is 75.0 Å². The van der Waals surface area contributed by atoms with Crippen molar-refractivity contribution in [1.82, 2.24) is 9.55 Å². The molecular formula is C40H32N4OS. The SMILES string of the molecule is CC(C)(C)c1ccnc(-n2c3ccccc3c3ccc(Oc4ccc5c(c4)N4CN(c6ccccc6)c6cccc(c64)S5)cc32)c1. The first-order valence-corrected chi connectivity index (χ1v) is 16.5. The topological polar surface area (TPSA) is 33.5 Å². The van der Waals surface area contributed by atoms with Crippen LogP contribution in [-0.4, -0.2) is 16.2 Å². The van der Waals surface area contributed by atoms with Gasteiger partial charge in [0.05, 0.1) is 28.1 Å². The maximum atomic E-state index is 6.64. The summed E-state index contributed by atoms with van der Waals surface area (Å²) in [7, 11) is 0. The number of ether oxygens (including phenoxy) is 1. The van der Waals surface area contributed by atoms with E-state index >= 15 is 0 Å². The van der Waals surface area contributed by atoms with Gasteiger partial charge in [0.2, 0.25) is 0 Å². The van der Waals surface area contributed by atoms with E-state index in [1.807, 2.05) is 18.0 Å². The van der Waals surface area contributed by atoms with Crippen molar-refractivity contribution in [1.29, 1.82) is 0 Å². The lowest BCUT2D eigenvalue weighted by molar-refractivity contribution is 0.483. The second-order valence-corrected chi connectivity index (χ2v) is 14.1. The Hall–Kier alpha value is -5.20. The molecule has 0 amide bonds. The largest absolute Gasteiger partial charge is 0.457 e. The van der Waals surface area contributed by atoms with Gasteiger partial charge < -0.3 is 14.5 Å². The van der Waals surface area contributed by atoms with Gasteiger partial charge in [0.1, 0.15) is 24.0 Å². The molecule has 9 rings (SSSR count). The molecule has 46 heavy (non-hydrogen) atoms. The second-order valence-electron chi connectivity index (χ2n) is 13.0. The summed E-state index contributed by atoms with van der Waals surface area (Å²) >= 11 is 1.83. The van der Waals surface area contributed by atoms with Crippen LogP contribution in [0.4, 0.5) is 22.7 Å². The van der Waals surface area contributed by atoms with E-state index in [9.17, 15) is 0 Å². The number of para-hydroxylation sites is 3. The third kappa shape index (κ3) is 4.28. The lowest BCUT2D eigenvalue weighted by atomic mass is 9.88. The maximum Gasteiger partial charge on any atom is 0.137 e. The van der Waals surface area contributed by atoms with Crippen LogP contribution in [-0.2, 0) is 5.41 Å². The number of aromatic nitrogens is 2. The first-order chi connectivity index (χ1) is 22.4. The molecule has 0 radical (unpaired) electrons. The Labute approximate surface area is 272 Å². The quantitative estimate of drug-likeness (QED) is 0.196. The van der Waals surface area contributed by atoms with Crippen molar-refractivity contribution in [2.45, 2.75) is 36.0 Å². The molecule has 5 aromatic carbocycles. The van der Waals surface area contributed by atoms with Crippen molar-refractivity contribution in [3.05, 3.63) is 133 Å². The highest BCUT2D eigenvalue weighted by Gasteiger charge is 2.35. The monoisotopic (exact) mass is 616 g/mol. The highest BCUT2D eigenvalue weighted by Crippen LogP contribution is 2.56. The summed E-state index contributed by atoms with van der Waals surface area (Å²) < 4.78 is 8.90. The predicted octanol–water partition coefficient (Wildman–Crippen LogP) is 11.0. The Morgan fingerprint density at radius 2 is 1.43 bits per heavy atom. The van der Waals surface area contributed by atoms with Gasteiger partial charge in [0.15, 0.2) is 0 Å². The molecule has 0 aliphatic carbocycles. The lowest BCUT2D eigenvalue weighted by Crippen LogP contribution is -2.25. The molecule has 2 aliphatic rings. The second kappa shape index (κ2) is 10.2. The number of pyridine rings is 1. The zero-order valence-corrected chi connectivity index (χ0v) is 26.8. The number of hydrogen-bond donors (Lipinski definition) is 0. The molecule has 224 valence electrons. The third-order valence-electron chi connectivity index (χ3n) is 9.05. The van der Waals surface area contributed by atoms with Crippen molar-refractivity contribution in [3.63, 3.8) is 0 Å². The normalized spacial score (nSPS) is 13.7. The first-order valence-electron chi connectivity index (χ1n) is 15.7. The van der Waals surface area contributed by atoms with E-state index in [4.69, 9.17) is 9.72 Å². The number of nitrogens with zero attached hydrogens (tertiary/aromatic N) is 4. The fraction of sp³-hybridized carbons (Fsp3) is 0.125. The number of fused-ring (bicyclic) bond motifs is 5. The standard InChI is InChI=1S/C40H32N4OS/c1-40(2,3)26-20-21-41-38(22-26)44-32-13-8-7-12-30(32)31-18-16-28(23-34(31)44)45-29-17-19-36-35(24-29)43-25-42(27-10-5-4-6-11-27)33-14-9-15-37(46-36)39(33)43/h4-24H,25H2,1-3H3. The minimum absolute atomic E-state index is 0.0181. The molecule has 2 aliphatic heterocycles. The summed E-state index contributed by atoms with van der Waals surface area (Å²) in [6, 6.07) is 42.9. The Bertz CT molecular complexity index is 2300. The average Bonchev–Trinajstić information content (AvgIpc) is 3.62. The van der Waals surface area contributed by atoms with Crippen LogP contribution in [0, 0.1) is 0 Å². The zero-order valence-electron chi connectivity index (χ0n) is 25.9. The van der Waals surface area contributed by atoms with E-state index < -0.39 is 0 Å².